The second kappa shape index (κ2) is 10.0. The summed E-state index contributed by atoms with van der Waals surface area (Å²) in [5, 5.41) is 0. The van der Waals surface area contributed by atoms with Crippen LogP contribution in [0.15, 0.2) is 163 Å². The van der Waals surface area contributed by atoms with E-state index in [1.54, 1.807) is 9.13 Å². The molecule has 0 aliphatic carbocycles. The minimum atomic E-state index is -0.0870. The molecule has 40 heavy (non-hydrogen) atoms. The number of rotatable bonds is 5. The first-order valence-corrected chi connectivity index (χ1v) is 13.4. The Morgan fingerprint density at radius 1 is 0.325 bits per heavy atom. The fourth-order valence-electron chi connectivity index (χ4n) is 5.44. The van der Waals surface area contributed by atoms with E-state index >= 15 is 0 Å². The zero-order valence-corrected chi connectivity index (χ0v) is 21.8. The van der Waals surface area contributed by atoms with Crippen LogP contribution in [-0.2, 0) is 0 Å². The molecule has 3 nitrogen and oxygen atoms in total. The summed E-state index contributed by atoms with van der Waals surface area (Å²) in [6.07, 6.45) is 0. The van der Waals surface area contributed by atoms with Gasteiger partial charge in [-0.1, -0.05) is 109 Å². The van der Waals surface area contributed by atoms with Gasteiger partial charge in [-0.05, 0) is 81.9 Å². The highest BCUT2D eigenvalue weighted by atomic mass is 16.1. The van der Waals surface area contributed by atoms with Crippen LogP contribution < -0.4 is 5.69 Å². The van der Waals surface area contributed by atoms with Crippen LogP contribution in [0.3, 0.4) is 0 Å². The van der Waals surface area contributed by atoms with Gasteiger partial charge in [0.2, 0.25) is 0 Å². The Balaban J connectivity index is 1.31. The molecular formula is C37H26N2O. The number of imidazole rings is 1. The van der Waals surface area contributed by atoms with Crippen molar-refractivity contribution in [1.29, 1.82) is 0 Å². The first kappa shape index (κ1) is 23.7. The summed E-state index contributed by atoms with van der Waals surface area (Å²) >= 11 is 0. The lowest BCUT2D eigenvalue weighted by atomic mass is 9.96. The second-order valence-electron chi connectivity index (χ2n) is 9.86. The number of para-hydroxylation sites is 3. The Bertz CT molecular complexity index is 2020. The quantitative estimate of drug-likeness (QED) is 0.225. The third-order valence-corrected chi connectivity index (χ3v) is 7.36. The third-order valence-electron chi connectivity index (χ3n) is 7.36. The first-order valence-electron chi connectivity index (χ1n) is 13.4. The molecule has 0 radical (unpaired) electrons. The molecule has 0 atom stereocenters. The lowest BCUT2D eigenvalue weighted by Crippen LogP contribution is -2.22. The minimum Gasteiger partial charge on any atom is -0.260 e. The largest absolute Gasteiger partial charge is 0.338 e. The molecule has 190 valence electrons. The van der Waals surface area contributed by atoms with Gasteiger partial charge in [0.25, 0.3) is 0 Å². The molecular weight excluding hydrogens is 488 g/mol. The van der Waals surface area contributed by atoms with Gasteiger partial charge in [-0.2, -0.15) is 0 Å². The first-order chi connectivity index (χ1) is 19.8. The highest BCUT2D eigenvalue weighted by Crippen LogP contribution is 2.31. The molecule has 7 rings (SSSR count). The van der Waals surface area contributed by atoms with E-state index in [9.17, 15) is 4.79 Å². The van der Waals surface area contributed by atoms with Gasteiger partial charge in [0, 0.05) is 0 Å². The SMILES string of the molecule is O=c1n(-c2ccccc2)c2ccccc2n1-c1cccc(-c2cccc(-c3cccc(-c4ccccc4)c3)c2)c1. The van der Waals surface area contributed by atoms with Crippen molar-refractivity contribution in [3.63, 3.8) is 0 Å². The number of aromatic nitrogens is 2. The zero-order chi connectivity index (χ0) is 26.9. The molecule has 0 bridgehead atoms. The maximum atomic E-state index is 13.9. The van der Waals surface area contributed by atoms with Gasteiger partial charge in [0.15, 0.2) is 0 Å². The lowest BCUT2D eigenvalue weighted by Gasteiger charge is -2.10. The standard InChI is InChI=1S/C37H26N2O/c40-37-38(33-19-5-2-6-20-33)35-22-7-8-23-36(35)39(37)34-21-11-18-32(26-34)31-17-10-16-30(25-31)29-15-9-14-28(24-29)27-12-3-1-4-13-27/h1-26H. The predicted octanol–water partition coefficient (Wildman–Crippen LogP) is 8.78. The maximum absolute atomic E-state index is 13.9. The molecule has 0 unspecified atom stereocenters. The fraction of sp³-hybridized carbons (Fsp3) is 0. The van der Waals surface area contributed by atoms with Crippen molar-refractivity contribution in [3.05, 3.63) is 168 Å². The summed E-state index contributed by atoms with van der Waals surface area (Å²) in [5.41, 5.74) is 10.2. The van der Waals surface area contributed by atoms with Gasteiger partial charge in [-0.15, -0.1) is 0 Å². The van der Waals surface area contributed by atoms with Gasteiger partial charge in [0.1, 0.15) is 0 Å². The molecule has 0 aliphatic heterocycles. The van der Waals surface area contributed by atoms with E-state index in [1.165, 1.54) is 16.7 Å². The van der Waals surface area contributed by atoms with E-state index in [1.807, 2.05) is 72.8 Å². The van der Waals surface area contributed by atoms with Crippen LogP contribution in [0.25, 0.3) is 55.8 Å². The molecule has 1 heterocycles. The van der Waals surface area contributed by atoms with Crippen molar-refractivity contribution in [3.8, 4) is 44.8 Å². The molecule has 1 aromatic heterocycles. The molecule has 7 aromatic rings. The van der Waals surface area contributed by atoms with Crippen LogP contribution in [0, 0.1) is 0 Å². The molecule has 6 aromatic carbocycles. The van der Waals surface area contributed by atoms with Crippen molar-refractivity contribution in [2.75, 3.05) is 0 Å². The molecule has 3 heteroatoms. The van der Waals surface area contributed by atoms with Gasteiger partial charge in [-0.3, -0.25) is 9.13 Å². The summed E-state index contributed by atoms with van der Waals surface area (Å²) in [5.74, 6) is 0. The van der Waals surface area contributed by atoms with Gasteiger partial charge in [-0.25, -0.2) is 4.79 Å². The normalized spacial score (nSPS) is 11.1. The van der Waals surface area contributed by atoms with Crippen LogP contribution in [0.1, 0.15) is 0 Å². The number of fused-ring (bicyclic) bond motifs is 1. The minimum absolute atomic E-state index is 0.0870. The predicted molar refractivity (Wildman–Crippen MR) is 165 cm³/mol. The van der Waals surface area contributed by atoms with Crippen molar-refractivity contribution in [1.82, 2.24) is 9.13 Å². The highest BCUT2D eigenvalue weighted by Gasteiger charge is 2.16. The number of hydrogen-bond donors (Lipinski definition) is 0. The van der Waals surface area contributed by atoms with E-state index in [-0.39, 0.29) is 5.69 Å². The monoisotopic (exact) mass is 514 g/mol. The molecule has 0 amide bonds. The van der Waals surface area contributed by atoms with E-state index in [2.05, 4.69) is 84.9 Å². The van der Waals surface area contributed by atoms with E-state index in [4.69, 9.17) is 0 Å². The average molecular weight is 515 g/mol. The second-order valence-corrected chi connectivity index (χ2v) is 9.86. The Morgan fingerprint density at radius 3 is 1.27 bits per heavy atom. The molecule has 0 saturated heterocycles. The lowest BCUT2D eigenvalue weighted by molar-refractivity contribution is 0.931. The van der Waals surface area contributed by atoms with Gasteiger partial charge in [0.05, 0.1) is 22.4 Å². The van der Waals surface area contributed by atoms with Gasteiger partial charge < -0.3 is 0 Å². The summed E-state index contributed by atoms with van der Waals surface area (Å²) in [4.78, 5) is 13.9. The van der Waals surface area contributed by atoms with Crippen LogP contribution in [-0.4, -0.2) is 9.13 Å². The Kier molecular flexibility index (Phi) is 5.95. The van der Waals surface area contributed by atoms with Crippen LogP contribution in [0.5, 0.6) is 0 Å². The highest BCUT2D eigenvalue weighted by molar-refractivity contribution is 5.81. The van der Waals surface area contributed by atoms with Crippen molar-refractivity contribution in [2.45, 2.75) is 0 Å². The van der Waals surface area contributed by atoms with Crippen molar-refractivity contribution >= 4 is 11.0 Å². The molecule has 0 spiro atoms. The number of hydrogen-bond acceptors (Lipinski definition) is 1. The summed E-state index contributed by atoms with van der Waals surface area (Å²) in [6, 6.07) is 53.7. The molecule has 0 N–H and O–H groups in total. The van der Waals surface area contributed by atoms with E-state index in [0.29, 0.717) is 0 Å². The van der Waals surface area contributed by atoms with Gasteiger partial charge >= 0.3 is 5.69 Å². The number of nitrogens with zero attached hydrogens (tertiary/aromatic N) is 2. The van der Waals surface area contributed by atoms with Crippen molar-refractivity contribution in [2.24, 2.45) is 0 Å². The van der Waals surface area contributed by atoms with E-state index < -0.39 is 0 Å². The molecule has 0 fully saturated rings. The third kappa shape index (κ3) is 4.24. The zero-order valence-electron chi connectivity index (χ0n) is 21.8. The molecule has 0 aliphatic rings. The van der Waals surface area contributed by atoms with Crippen LogP contribution in [0.2, 0.25) is 0 Å². The summed E-state index contributed by atoms with van der Waals surface area (Å²) < 4.78 is 3.58. The van der Waals surface area contributed by atoms with E-state index in [0.717, 1.165) is 39.1 Å². The Hall–Kier alpha value is -5.41. The Labute approximate surface area is 232 Å². The van der Waals surface area contributed by atoms with Crippen molar-refractivity contribution < 1.29 is 0 Å². The maximum Gasteiger partial charge on any atom is 0.338 e. The average Bonchev–Trinajstić information content (AvgIpc) is 3.33. The Morgan fingerprint density at radius 2 is 0.700 bits per heavy atom. The fourth-order valence-corrected chi connectivity index (χ4v) is 5.44. The van der Waals surface area contributed by atoms with Crippen LogP contribution >= 0.6 is 0 Å². The number of benzene rings is 6. The van der Waals surface area contributed by atoms with Crippen LogP contribution in [0.4, 0.5) is 0 Å². The smallest absolute Gasteiger partial charge is 0.260 e. The summed E-state index contributed by atoms with van der Waals surface area (Å²) in [7, 11) is 0. The molecule has 0 saturated carbocycles. The topological polar surface area (TPSA) is 26.9 Å². The summed E-state index contributed by atoms with van der Waals surface area (Å²) in [6.45, 7) is 0.